The normalized spacial score (nSPS) is 14.4. The quantitative estimate of drug-likeness (QED) is 0.581. The van der Waals surface area contributed by atoms with Crippen molar-refractivity contribution in [1.82, 2.24) is 10.2 Å². The fourth-order valence-electron chi connectivity index (χ4n) is 3.10. The van der Waals surface area contributed by atoms with Crippen LogP contribution in [0, 0.1) is 0 Å². The van der Waals surface area contributed by atoms with Gasteiger partial charge in [-0.25, -0.2) is 0 Å². The number of amides is 2. The Bertz CT molecular complexity index is 625. The Balaban J connectivity index is 1.98. The molecule has 2 N–H and O–H groups in total. The molecule has 1 aromatic rings. The highest BCUT2D eigenvalue weighted by Crippen LogP contribution is 2.20. The molecule has 1 heterocycles. The summed E-state index contributed by atoms with van der Waals surface area (Å²) in [4.78, 5) is 26.7. The summed E-state index contributed by atoms with van der Waals surface area (Å²) in [6, 6.07) is 7.33. The third kappa shape index (κ3) is 6.41. The number of anilines is 1. The standard InChI is InChI=1S/C20H29N3O2S/c1-2-3-6-13-18(24)22-20(26)21-17-12-8-7-11-16(17)19(25)23-14-9-4-5-10-15-23/h7-8,11-12H,2-6,9-10,13-15H2,1H3,(H2,21,22,24,26). The Labute approximate surface area is 161 Å². The number of nitrogens with one attached hydrogen (secondary N) is 2. The van der Waals surface area contributed by atoms with Gasteiger partial charge in [0.15, 0.2) is 5.11 Å². The van der Waals surface area contributed by atoms with Gasteiger partial charge in [0.25, 0.3) is 5.91 Å². The van der Waals surface area contributed by atoms with Gasteiger partial charge >= 0.3 is 0 Å². The van der Waals surface area contributed by atoms with Crippen LogP contribution in [0.1, 0.15) is 68.6 Å². The zero-order chi connectivity index (χ0) is 18.8. The van der Waals surface area contributed by atoms with Crippen LogP contribution in [0.25, 0.3) is 0 Å². The van der Waals surface area contributed by atoms with E-state index < -0.39 is 0 Å². The molecular weight excluding hydrogens is 346 g/mol. The second kappa shape index (κ2) is 10.9. The van der Waals surface area contributed by atoms with Crippen molar-refractivity contribution in [3.8, 4) is 0 Å². The Morgan fingerprint density at radius 2 is 1.77 bits per heavy atom. The molecule has 1 aliphatic rings. The van der Waals surface area contributed by atoms with Crippen LogP contribution in [0.15, 0.2) is 24.3 Å². The summed E-state index contributed by atoms with van der Waals surface area (Å²) < 4.78 is 0. The highest BCUT2D eigenvalue weighted by atomic mass is 32.1. The van der Waals surface area contributed by atoms with Crippen LogP contribution in [0.5, 0.6) is 0 Å². The van der Waals surface area contributed by atoms with E-state index in [0.717, 1.165) is 45.2 Å². The number of likely N-dealkylation sites (tertiary alicyclic amines) is 1. The maximum absolute atomic E-state index is 12.9. The maximum atomic E-state index is 12.9. The summed E-state index contributed by atoms with van der Waals surface area (Å²) in [5.74, 6) is -0.0700. The maximum Gasteiger partial charge on any atom is 0.255 e. The minimum atomic E-state index is -0.0905. The number of para-hydroxylation sites is 1. The van der Waals surface area contributed by atoms with Gasteiger partial charge in [-0.3, -0.25) is 9.59 Å². The smallest absolute Gasteiger partial charge is 0.255 e. The lowest BCUT2D eigenvalue weighted by molar-refractivity contribution is -0.119. The van der Waals surface area contributed by atoms with E-state index in [1.54, 1.807) is 6.07 Å². The average Bonchev–Trinajstić information content (AvgIpc) is 2.91. The van der Waals surface area contributed by atoms with E-state index in [1.165, 1.54) is 12.8 Å². The van der Waals surface area contributed by atoms with Gasteiger partial charge in [-0.05, 0) is 43.6 Å². The Kier molecular flexibility index (Phi) is 8.54. The third-order valence-corrected chi connectivity index (χ3v) is 4.76. The summed E-state index contributed by atoms with van der Waals surface area (Å²) in [6.07, 6.45) is 7.87. The zero-order valence-corrected chi connectivity index (χ0v) is 16.4. The van der Waals surface area contributed by atoms with E-state index >= 15 is 0 Å². The van der Waals surface area contributed by atoms with Gasteiger partial charge in [-0.15, -0.1) is 0 Å². The first kappa shape index (κ1) is 20.4. The van der Waals surface area contributed by atoms with Crippen molar-refractivity contribution in [2.24, 2.45) is 0 Å². The molecule has 26 heavy (non-hydrogen) atoms. The van der Waals surface area contributed by atoms with Gasteiger partial charge in [-0.1, -0.05) is 44.7 Å². The fourth-order valence-corrected chi connectivity index (χ4v) is 3.32. The van der Waals surface area contributed by atoms with Gasteiger partial charge < -0.3 is 15.5 Å². The molecule has 6 heteroatoms. The first-order valence-electron chi connectivity index (χ1n) is 9.61. The van der Waals surface area contributed by atoms with E-state index in [1.807, 2.05) is 23.1 Å². The topological polar surface area (TPSA) is 61.4 Å². The summed E-state index contributed by atoms with van der Waals surface area (Å²) >= 11 is 5.25. The molecular formula is C20H29N3O2S. The van der Waals surface area contributed by atoms with E-state index in [0.29, 0.717) is 17.7 Å². The van der Waals surface area contributed by atoms with Crippen LogP contribution >= 0.6 is 12.2 Å². The predicted octanol–water partition coefficient (Wildman–Crippen LogP) is 4.10. The SMILES string of the molecule is CCCCCC(=O)NC(=S)Nc1ccccc1C(=O)N1CCCCCC1. The highest BCUT2D eigenvalue weighted by molar-refractivity contribution is 7.80. The molecule has 2 amide bonds. The minimum Gasteiger partial charge on any atom is -0.339 e. The van der Waals surface area contributed by atoms with Crippen molar-refractivity contribution in [3.05, 3.63) is 29.8 Å². The van der Waals surface area contributed by atoms with E-state index in [2.05, 4.69) is 17.6 Å². The number of hydrogen-bond donors (Lipinski definition) is 2. The molecule has 0 aromatic heterocycles. The number of hydrogen-bond acceptors (Lipinski definition) is 3. The number of thiocarbonyl (C=S) groups is 1. The third-order valence-electron chi connectivity index (χ3n) is 4.56. The van der Waals surface area contributed by atoms with Gasteiger partial charge in [0.05, 0.1) is 11.3 Å². The van der Waals surface area contributed by atoms with Crippen molar-refractivity contribution < 1.29 is 9.59 Å². The summed E-state index contributed by atoms with van der Waals surface area (Å²) in [5.41, 5.74) is 1.23. The van der Waals surface area contributed by atoms with E-state index in [9.17, 15) is 9.59 Å². The first-order chi connectivity index (χ1) is 12.6. The first-order valence-corrected chi connectivity index (χ1v) is 10.0. The Hall–Kier alpha value is -1.95. The molecule has 2 rings (SSSR count). The number of unbranched alkanes of at least 4 members (excludes halogenated alkanes) is 2. The molecule has 1 aliphatic heterocycles. The van der Waals surface area contributed by atoms with Crippen LogP contribution in [-0.4, -0.2) is 34.9 Å². The molecule has 0 aliphatic carbocycles. The second-order valence-corrected chi connectivity index (χ2v) is 7.12. The minimum absolute atomic E-state index is 0.0204. The molecule has 0 bridgehead atoms. The number of benzene rings is 1. The number of carbonyl (C=O) groups excluding carboxylic acids is 2. The van der Waals surface area contributed by atoms with E-state index in [4.69, 9.17) is 12.2 Å². The van der Waals surface area contributed by atoms with E-state index in [-0.39, 0.29) is 16.9 Å². The average molecular weight is 376 g/mol. The van der Waals surface area contributed by atoms with Crippen molar-refractivity contribution in [3.63, 3.8) is 0 Å². The molecule has 0 spiro atoms. The van der Waals surface area contributed by atoms with Gasteiger partial charge in [0.1, 0.15) is 0 Å². The van der Waals surface area contributed by atoms with Crippen LogP contribution in [0.2, 0.25) is 0 Å². The number of rotatable bonds is 6. The second-order valence-electron chi connectivity index (χ2n) is 6.71. The van der Waals surface area contributed by atoms with Crippen LogP contribution in [-0.2, 0) is 4.79 Å². The van der Waals surface area contributed by atoms with Crippen molar-refractivity contribution in [1.29, 1.82) is 0 Å². The Morgan fingerprint density at radius 1 is 1.08 bits per heavy atom. The van der Waals surface area contributed by atoms with Gasteiger partial charge in [0.2, 0.25) is 5.91 Å². The summed E-state index contributed by atoms with van der Waals surface area (Å²) in [6.45, 7) is 3.69. The molecule has 0 atom stereocenters. The van der Waals surface area contributed by atoms with Crippen molar-refractivity contribution >= 4 is 34.8 Å². The predicted molar refractivity (Wildman–Crippen MR) is 109 cm³/mol. The molecule has 0 unspecified atom stereocenters. The molecule has 5 nitrogen and oxygen atoms in total. The van der Waals surface area contributed by atoms with Gasteiger partial charge in [-0.2, -0.15) is 0 Å². The van der Waals surface area contributed by atoms with Crippen LogP contribution in [0.4, 0.5) is 5.69 Å². The monoisotopic (exact) mass is 375 g/mol. The number of nitrogens with zero attached hydrogens (tertiary/aromatic N) is 1. The highest BCUT2D eigenvalue weighted by Gasteiger charge is 2.20. The molecule has 0 radical (unpaired) electrons. The summed E-state index contributed by atoms with van der Waals surface area (Å²) in [5, 5.41) is 5.96. The lowest BCUT2D eigenvalue weighted by Gasteiger charge is -2.22. The lowest BCUT2D eigenvalue weighted by Crippen LogP contribution is -2.36. The molecule has 1 fully saturated rings. The Morgan fingerprint density at radius 3 is 2.46 bits per heavy atom. The van der Waals surface area contributed by atoms with Crippen LogP contribution in [0.3, 0.4) is 0 Å². The summed E-state index contributed by atoms with van der Waals surface area (Å²) in [7, 11) is 0. The molecule has 1 saturated heterocycles. The molecule has 0 saturated carbocycles. The zero-order valence-electron chi connectivity index (χ0n) is 15.6. The fraction of sp³-hybridized carbons (Fsp3) is 0.550. The van der Waals surface area contributed by atoms with Crippen LogP contribution < -0.4 is 10.6 Å². The molecule has 1 aromatic carbocycles. The molecule has 142 valence electrons. The van der Waals surface area contributed by atoms with Crippen molar-refractivity contribution in [2.45, 2.75) is 58.3 Å². The van der Waals surface area contributed by atoms with Crippen molar-refractivity contribution in [2.75, 3.05) is 18.4 Å². The van der Waals surface area contributed by atoms with Gasteiger partial charge in [0, 0.05) is 19.5 Å². The largest absolute Gasteiger partial charge is 0.339 e. The number of carbonyl (C=O) groups is 2. The lowest BCUT2D eigenvalue weighted by atomic mass is 10.1.